The first-order valence-electron chi connectivity index (χ1n) is 14.3. The van der Waals surface area contributed by atoms with Crippen molar-refractivity contribution in [1.82, 2.24) is 0 Å². The molecular formula is C35H25ClN2O5. The van der Waals surface area contributed by atoms with Crippen LogP contribution in [0, 0.1) is 17.8 Å². The van der Waals surface area contributed by atoms with Gasteiger partial charge in [-0.3, -0.25) is 19.2 Å². The van der Waals surface area contributed by atoms with E-state index < -0.39 is 23.7 Å². The van der Waals surface area contributed by atoms with Crippen LogP contribution in [0.2, 0.25) is 5.02 Å². The number of hydrogen-bond acceptors (Lipinski definition) is 5. The Kier molecular flexibility index (Phi) is 5.81. The van der Waals surface area contributed by atoms with Gasteiger partial charge in [0.1, 0.15) is 5.75 Å². The van der Waals surface area contributed by atoms with Crippen LogP contribution < -0.4 is 14.5 Å². The molecule has 3 atom stereocenters. The molecule has 2 bridgehead atoms. The van der Waals surface area contributed by atoms with Crippen LogP contribution in [0.25, 0.3) is 0 Å². The summed E-state index contributed by atoms with van der Waals surface area (Å²) in [5.41, 5.74) is 5.42. The molecular weight excluding hydrogens is 564 g/mol. The largest absolute Gasteiger partial charge is 0.426 e. The zero-order chi connectivity index (χ0) is 29.4. The molecule has 8 heteroatoms. The first-order valence-corrected chi connectivity index (χ1v) is 14.7. The van der Waals surface area contributed by atoms with Crippen molar-refractivity contribution in [2.75, 3.05) is 16.3 Å². The molecule has 212 valence electrons. The number of halogens is 1. The number of amides is 3. The molecule has 2 saturated heterocycles. The Hall–Kier alpha value is -4.75. The van der Waals surface area contributed by atoms with Gasteiger partial charge in [0.25, 0.3) is 0 Å². The molecule has 3 aliphatic carbocycles. The Morgan fingerprint density at radius 3 is 1.84 bits per heavy atom. The molecule has 7 nitrogen and oxygen atoms in total. The highest BCUT2D eigenvalue weighted by Crippen LogP contribution is 2.61. The van der Waals surface area contributed by atoms with E-state index >= 15 is 0 Å². The Labute approximate surface area is 252 Å². The van der Waals surface area contributed by atoms with E-state index in [-0.39, 0.29) is 48.3 Å². The number of ether oxygens (including phenoxy) is 1. The molecule has 4 aromatic rings. The molecule has 9 rings (SSSR count). The third-order valence-electron chi connectivity index (χ3n) is 9.32. The van der Waals surface area contributed by atoms with Crippen LogP contribution in [0.4, 0.5) is 11.4 Å². The Morgan fingerprint density at radius 2 is 1.26 bits per heavy atom. The Bertz CT molecular complexity index is 1750. The second kappa shape index (κ2) is 9.64. The first kappa shape index (κ1) is 25.9. The maximum Gasteiger partial charge on any atom is 0.316 e. The first-order chi connectivity index (χ1) is 20.9. The number of esters is 1. The number of hydrogen-bond donors (Lipinski definition) is 0. The lowest BCUT2D eigenvalue weighted by atomic mass is 9.55. The molecule has 0 N–H and O–H groups in total. The van der Waals surface area contributed by atoms with Gasteiger partial charge in [0.05, 0.1) is 23.4 Å². The van der Waals surface area contributed by atoms with Crippen molar-refractivity contribution in [2.24, 2.45) is 17.8 Å². The van der Waals surface area contributed by atoms with E-state index in [0.717, 1.165) is 22.3 Å². The molecule has 2 aliphatic heterocycles. The van der Waals surface area contributed by atoms with Gasteiger partial charge in [0.15, 0.2) is 0 Å². The summed E-state index contributed by atoms with van der Waals surface area (Å²) < 4.78 is 5.71. The number of carbonyl (C=O) groups excluding carboxylic acids is 4. The number of imide groups is 1. The summed E-state index contributed by atoms with van der Waals surface area (Å²) in [5, 5.41) is 0.500. The number of rotatable bonds is 4. The molecule has 43 heavy (non-hydrogen) atoms. The molecule has 2 fully saturated rings. The summed E-state index contributed by atoms with van der Waals surface area (Å²) in [5.74, 6) is -3.09. The number of benzene rings is 4. The van der Waals surface area contributed by atoms with E-state index in [4.69, 9.17) is 16.3 Å². The van der Waals surface area contributed by atoms with E-state index in [9.17, 15) is 19.2 Å². The highest BCUT2D eigenvalue weighted by molar-refractivity contribution is 6.31. The van der Waals surface area contributed by atoms with Gasteiger partial charge in [-0.05, 0) is 52.6 Å². The average molecular weight is 589 g/mol. The van der Waals surface area contributed by atoms with Crippen LogP contribution in [0.5, 0.6) is 5.75 Å². The van der Waals surface area contributed by atoms with Crippen molar-refractivity contribution in [3.63, 3.8) is 0 Å². The summed E-state index contributed by atoms with van der Waals surface area (Å²) in [7, 11) is 0. The molecule has 0 radical (unpaired) electrons. The lowest BCUT2D eigenvalue weighted by molar-refractivity contribution is -0.139. The quantitative estimate of drug-likeness (QED) is 0.174. The SMILES string of the molecule is O=C(Oc1cccc(N2C(=O)[C@@H]3C4c5ccccc5C(c5ccccc54)[C@H]3C2=O)c1)[C@H]1CC(=O)N(c2cccc(Cl)c2)C1. The molecule has 2 heterocycles. The van der Waals surface area contributed by atoms with Crippen molar-refractivity contribution in [3.8, 4) is 5.75 Å². The monoisotopic (exact) mass is 588 g/mol. The second-order valence-corrected chi connectivity index (χ2v) is 12.0. The van der Waals surface area contributed by atoms with Crippen molar-refractivity contribution in [2.45, 2.75) is 18.3 Å². The van der Waals surface area contributed by atoms with E-state index in [1.165, 1.54) is 9.80 Å². The lowest BCUT2D eigenvalue weighted by Crippen LogP contribution is -2.41. The predicted molar refractivity (Wildman–Crippen MR) is 160 cm³/mol. The fourth-order valence-corrected chi connectivity index (χ4v) is 7.76. The average Bonchev–Trinajstić information content (AvgIpc) is 3.54. The van der Waals surface area contributed by atoms with Crippen LogP contribution in [-0.4, -0.2) is 30.2 Å². The fraction of sp³-hybridized carbons (Fsp3) is 0.200. The van der Waals surface area contributed by atoms with Crippen molar-refractivity contribution in [3.05, 3.63) is 124 Å². The van der Waals surface area contributed by atoms with Crippen molar-refractivity contribution >= 4 is 46.7 Å². The molecule has 0 unspecified atom stereocenters. The summed E-state index contributed by atoms with van der Waals surface area (Å²) >= 11 is 6.09. The minimum Gasteiger partial charge on any atom is -0.426 e. The van der Waals surface area contributed by atoms with Gasteiger partial charge in [-0.15, -0.1) is 0 Å². The van der Waals surface area contributed by atoms with Gasteiger partial charge in [-0.25, -0.2) is 4.90 Å². The van der Waals surface area contributed by atoms with Crippen LogP contribution in [-0.2, 0) is 19.2 Å². The maximum atomic E-state index is 14.1. The maximum absolute atomic E-state index is 14.1. The third kappa shape index (κ3) is 3.88. The van der Waals surface area contributed by atoms with Crippen LogP contribution in [0.3, 0.4) is 0 Å². The highest BCUT2D eigenvalue weighted by atomic mass is 35.5. The van der Waals surface area contributed by atoms with Crippen LogP contribution in [0.1, 0.15) is 40.5 Å². The summed E-state index contributed by atoms with van der Waals surface area (Å²) in [6.07, 6.45) is 0.0153. The Balaban J connectivity index is 1.06. The zero-order valence-electron chi connectivity index (χ0n) is 22.9. The molecule has 0 saturated carbocycles. The van der Waals surface area contributed by atoms with Crippen molar-refractivity contribution < 1.29 is 23.9 Å². The molecule has 0 aromatic heterocycles. The highest BCUT2D eigenvalue weighted by Gasteiger charge is 2.61. The summed E-state index contributed by atoms with van der Waals surface area (Å²) in [6, 6.07) is 29.7. The minimum atomic E-state index is -0.666. The molecule has 3 amide bonds. The molecule has 5 aliphatic rings. The third-order valence-corrected chi connectivity index (χ3v) is 9.56. The smallest absolute Gasteiger partial charge is 0.316 e. The van der Waals surface area contributed by atoms with Gasteiger partial charge < -0.3 is 9.64 Å². The second-order valence-electron chi connectivity index (χ2n) is 11.6. The van der Waals surface area contributed by atoms with Gasteiger partial charge in [0, 0.05) is 41.6 Å². The van der Waals surface area contributed by atoms with Gasteiger partial charge in [-0.1, -0.05) is 72.3 Å². The molecule has 4 aromatic carbocycles. The minimum absolute atomic E-state index is 0.0153. The van der Waals surface area contributed by atoms with Crippen LogP contribution in [0.15, 0.2) is 97.1 Å². The van der Waals surface area contributed by atoms with Crippen LogP contribution >= 0.6 is 11.6 Å². The predicted octanol–water partition coefficient (Wildman–Crippen LogP) is 5.70. The standard InChI is InChI=1S/C35H25ClN2O5/c36-20-7-5-8-21(16-20)37-18-19(15-28(37)39)35(42)43-23-10-6-9-22(17-23)38-33(40)31-29-24-11-1-2-12-25(24)30(32(31)34(38)41)27-14-4-3-13-26(27)29/h1-14,16-17,19,29-32H,15,18H2/t19-,29?,30?,31+,32+/m0/s1. The molecule has 0 spiro atoms. The van der Waals surface area contributed by atoms with E-state index in [0.29, 0.717) is 16.4 Å². The number of carbonyl (C=O) groups is 4. The number of anilines is 2. The number of nitrogens with zero attached hydrogens (tertiary/aromatic N) is 2. The summed E-state index contributed by atoms with van der Waals surface area (Å²) in [6.45, 7) is 0.175. The summed E-state index contributed by atoms with van der Waals surface area (Å²) in [4.78, 5) is 56.8. The van der Waals surface area contributed by atoms with Gasteiger partial charge in [0.2, 0.25) is 17.7 Å². The van der Waals surface area contributed by atoms with Gasteiger partial charge >= 0.3 is 5.97 Å². The topological polar surface area (TPSA) is 84.0 Å². The van der Waals surface area contributed by atoms with E-state index in [2.05, 4.69) is 24.3 Å². The fourth-order valence-electron chi connectivity index (χ4n) is 7.58. The lowest BCUT2D eigenvalue weighted by Gasteiger charge is -2.45. The normalized spacial score (nSPS) is 25.0. The van der Waals surface area contributed by atoms with Crippen molar-refractivity contribution in [1.29, 1.82) is 0 Å². The zero-order valence-corrected chi connectivity index (χ0v) is 23.6. The van der Waals surface area contributed by atoms with Gasteiger partial charge in [-0.2, -0.15) is 0 Å². The van der Waals surface area contributed by atoms with E-state index in [1.807, 2.05) is 24.3 Å². The van der Waals surface area contributed by atoms with E-state index in [1.54, 1.807) is 48.5 Å². The Morgan fingerprint density at radius 1 is 0.698 bits per heavy atom.